The second-order valence-electron chi connectivity index (χ2n) is 4.86. The van der Waals surface area contributed by atoms with E-state index in [9.17, 15) is 13.9 Å². The van der Waals surface area contributed by atoms with Crippen molar-refractivity contribution in [2.75, 3.05) is 13.6 Å². The van der Waals surface area contributed by atoms with Crippen LogP contribution in [0, 0.1) is 18.6 Å². The second-order valence-corrected chi connectivity index (χ2v) is 4.86. The molecule has 0 saturated heterocycles. The topological polar surface area (TPSA) is 36.6 Å². The first kappa shape index (κ1) is 14.7. The van der Waals surface area contributed by atoms with Gasteiger partial charge in [0.15, 0.2) is 0 Å². The van der Waals surface area contributed by atoms with Crippen LogP contribution in [0.2, 0.25) is 0 Å². The Morgan fingerprint density at radius 2 is 1.85 bits per heavy atom. The highest BCUT2D eigenvalue weighted by atomic mass is 19.1. The lowest BCUT2D eigenvalue weighted by atomic mass is 10.1. The molecule has 3 nitrogen and oxygen atoms in total. The van der Waals surface area contributed by atoms with Crippen molar-refractivity contribution in [3.05, 3.63) is 59.1 Å². The van der Waals surface area contributed by atoms with Crippen molar-refractivity contribution in [2.45, 2.75) is 19.6 Å². The Morgan fingerprint density at radius 3 is 2.40 bits per heavy atom. The third-order valence-electron chi connectivity index (χ3n) is 3.04. The number of halogens is 2. The summed E-state index contributed by atoms with van der Waals surface area (Å²) in [7, 11) is 1.75. The van der Waals surface area contributed by atoms with E-state index in [1.807, 2.05) is 19.1 Å². The number of hydrogen-bond donors (Lipinski definition) is 1. The molecule has 1 heterocycles. The zero-order valence-corrected chi connectivity index (χ0v) is 11.4. The van der Waals surface area contributed by atoms with Crippen molar-refractivity contribution in [3.8, 4) is 0 Å². The number of aryl methyl sites for hydroxylation is 1. The van der Waals surface area contributed by atoms with Crippen LogP contribution in [-0.2, 0) is 6.54 Å². The van der Waals surface area contributed by atoms with Crippen LogP contribution >= 0.6 is 0 Å². The van der Waals surface area contributed by atoms with Gasteiger partial charge in [-0.05, 0) is 38.2 Å². The van der Waals surface area contributed by atoms with E-state index in [2.05, 4.69) is 0 Å². The van der Waals surface area contributed by atoms with E-state index in [0.717, 1.165) is 23.7 Å². The van der Waals surface area contributed by atoms with Crippen molar-refractivity contribution in [1.82, 2.24) is 4.90 Å². The predicted octanol–water partition coefficient (Wildman–Crippen LogP) is 3.03. The van der Waals surface area contributed by atoms with E-state index in [1.165, 1.54) is 6.07 Å². The quantitative estimate of drug-likeness (QED) is 0.915. The Hall–Kier alpha value is -1.72. The normalized spacial score (nSPS) is 12.9. The molecule has 0 spiro atoms. The van der Waals surface area contributed by atoms with Crippen LogP contribution in [0.4, 0.5) is 8.78 Å². The molecule has 1 aromatic carbocycles. The van der Waals surface area contributed by atoms with Gasteiger partial charge in [-0.25, -0.2) is 8.78 Å². The summed E-state index contributed by atoms with van der Waals surface area (Å²) in [5, 5.41) is 9.98. The number of furan rings is 1. The average Bonchev–Trinajstić information content (AvgIpc) is 2.74. The van der Waals surface area contributed by atoms with E-state index in [-0.39, 0.29) is 12.1 Å². The first-order valence-electron chi connectivity index (χ1n) is 6.33. The minimum Gasteiger partial charge on any atom is -0.465 e. The van der Waals surface area contributed by atoms with Gasteiger partial charge in [0.2, 0.25) is 0 Å². The summed E-state index contributed by atoms with van der Waals surface area (Å²) in [5.41, 5.74) is -0.296. The lowest BCUT2D eigenvalue weighted by Crippen LogP contribution is -2.25. The van der Waals surface area contributed by atoms with Crippen molar-refractivity contribution >= 4 is 0 Å². The number of rotatable bonds is 5. The van der Waals surface area contributed by atoms with E-state index in [4.69, 9.17) is 4.42 Å². The summed E-state index contributed by atoms with van der Waals surface area (Å²) in [6, 6.07) is 7.23. The maximum absolute atomic E-state index is 13.5. The molecule has 5 heteroatoms. The van der Waals surface area contributed by atoms with Crippen LogP contribution in [0.5, 0.6) is 0 Å². The fourth-order valence-corrected chi connectivity index (χ4v) is 2.12. The van der Waals surface area contributed by atoms with Crippen LogP contribution in [0.3, 0.4) is 0 Å². The number of hydrogen-bond acceptors (Lipinski definition) is 3. The van der Waals surface area contributed by atoms with Crippen LogP contribution < -0.4 is 0 Å². The maximum atomic E-state index is 13.5. The van der Waals surface area contributed by atoms with Crippen LogP contribution in [0.1, 0.15) is 23.2 Å². The van der Waals surface area contributed by atoms with Crippen LogP contribution in [0.15, 0.2) is 34.7 Å². The molecule has 1 N–H and O–H groups in total. The molecule has 0 bridgehead atoms. The predicted molar refractivity (Wildman–Crippen MR) is 71.1 cm³/mol. The van der Waals surface area contributed by atoms with E-state index in [1.54, 1.807) is 11.9 Å². The summed E-state index contributed by atoms with van der Waals surface area (Å²) in [5.74, 6) is 0.0692. The number of nitrogens with zero attached hydrogens (tertiary/aromatic N) is 1. The monoisotopic (exact) mass is 281 g/mol. The van der Waals surface area contributed by atoms with Crippen molar-refractivity contribution < 1.29 is 18.3 Å². The molecular formula is C15H17F2NO2. The number of aliphatic hydroxyl groups is 1. The highest BCUT2D eigenvalue weighted by molar-refractivity contribution is 5.22. The Morgan fingerprint density at radius 1 is 1.20 bits per heavy atom. The highest BCUT2D eigenvalue weighted by Gasteiger charge is 2.19. The number of aliphatic hydroxyl groups excluding tert-OH is 1. The lowest BCUT2D eigenvalue weighted by molar-refractivity contribution is 0.113. The van der Waals surface area contributed by atoms with Crippen LogP contribution in [-0.4, -0.2) is 23.6 Å². The lowest BCUT2D eigenvalue weighted by Gasteiger charge is -2.20. The molecule has 0 saturated carbocycles. The molecule has 108 valence electrons. The molecule has 0 aliphatic heterocycles. The zero-order chi connectivity index (χ0) is 14.7. The molecule has 0 amide bonds. The molecule has 1 unspecified atom stereocenters. The van der Waals surface area contributed by atoms with Gasteiger partial charge >= 0.3 is 0 Å². The first-order valence-corrected chi connectivity index (χ1v) is 6.33. The van der Waals surface area contributed by atoms with Gasteiger partial charge in [0.25, 0.3) is 0 Å². The molecule has 1 atom stereocenters. The third-order valence-corrected chi connectivity index (χ3v) is 3.04. The summed E-state index contributed by atoms with van der Waals surface area (Å²) < 4.78 is 32.5. The molecule has 0 aliphatic rings. The van der Waals surface area contributed by atoms with E-state index < -0.39 is 17.7 Å². The molecule has 0 aliphatic carbocycles. The van der Waals surface area contributed by atoms with Gasteiger partial charge in [-0.3, -0.25) is 4.90 Å². The van der Waals surface area contributed by atoms with Crippen LogP contribution in [0.25, 0.3) is 0 Å². The standard InChI is InChI=1S/C15H17F2NO2/c1-10-6-7-11(20-10)8-18(2)9-14(19)15-12(16)4-3-5-13(15)17/h3-7,14,19H,8-9H2,1-2H3. The summed E-state index contributed by atoms with van der Waals surface area (Å²) in [4.78, 5) is 1.74. The van der Waals surface area contributed by atoms with Crippen molar-refractivity contribution in [3.63, 3.8) is 0 Å². The molecule has 0 radical (unpaired) electrons. The SMILES string of the molecule is Cc1ccc(CN(C)CC(O)c2c(F)cccc2F)o1. The number of likely N-dealkylation sites (N-methyl/N-ethyl adjacent to an activating group) is 1. The van der Waals surface area contributed by atoms with Gasteiger partial charge in [-0.2, -0.15) is 0 Å². The largest absolute Gasteiger partial charge is 0.465 e. The fraction of sp³-hybridized carbons (Fsp3) is 0.333. The minimum absolute atomic E-state index is 0.109. The molecule has 2 aromatic rings. The molecule has 0 fully saturated rings. The zero-order valence-electron chi connectivity index (χ0n) is 11.4. The van der Waals surface area contributed by atoms with E-state index in [0.29, 0.717) is 6.54 Å². The molecular weight excluding hydrogens is 264 g/mol. The van der Waals surface area contributed by atoms with Gasteiger partial charge < -0.3 is 9.52 Å². The van der Waals surface area contributed by atoms with Gasteiger partial charge in [0, 0.05) is 6.54 Å². The Labute approximate surface area is 116 Å². The van der Waals surface area contributed by atoms with Gasteiger partial charge in [0.05, 0.1) is 18.2 Å². The molecule has 2 rings (SSSR count). The second kappa shape index (κ2) is 6.15. The third kappa shape index (κ3) is 3.43. The summed E-state index contributed by atoms with van der Waals surface area (Å²) in [6.45, 7) is 2.41. The number of benzene rings is 1. The first-order chi connectivity index (χ1) is 9.47. The minimum atomic E-state index is -1.22. The molecule has 20 heavy (non-hydrogen) atoms. The summed E-state index contributed by atoms with van der Waals surface area (Å²) in [6.07, 6.45) is -1.22. The Balaban J connectivity index is 2.02. The average molecular weight is 281 g/mol. The summed E-state index contributed by atoms with van der Waals surface area (Å²) >= 11 is 0. The highest BCUT2D eigenvalue weighted by Crippen LogP contribution is 2.21. The Bertz CT molecular complexity index is 563. The van der Waals surface area contributed by atoms with E-state index >= 15 is 0 Å². The smallest absolute Gasteiger partial charge is 0.131 e. The van der Waals surface area contributed by atoms with Gasteiger partial charge in [-0.1, -0.05) is 6.07 Å². The van der Waals surface area contributed by atoms with Crippen molar-refractivity contribution in [2.24, 2.45) is 0 Å². The van der Waals surface area contributed by atoms with Crippen molar-refractivity contribution in [1.29, 1.82) is 0 Å². The van der Waals surface area contributed by atoms with Gasteiger partial charge in [0.1, 0.15) is 23.2 Å². The van der Waals surface area contributed by atoms with Gasteiger partial charge in [-0.15, -0.1) is 0 Å². The Kier molecular flexibility index (Phi) is 4.52. The molecule has 1 aromatic heterocycles. The maximum Gasteiger partial charge on any atom is 0.131 e. The fourth-order valence-electron chi connectivity index (χ4n) is 2.12.